The van der Waals surface area contributed by atoms with E-state index in [-0.39, 0.29) is 6.04 Å². The van der Waals surface area contributed by atoms with Crippen molar-refractivity contribution in [1.82, 2.24) is 5.32 Å². The second kappa shape index (κ2) is 6.35. The van der Waals surface area contributed by atoms with E-state index in [2.05, 4.69) is 31.3 Å². The van der Waals surface area contributed by atoms with Crippen molar-refractivity contribution in [2.75, 3.05) is 7.05 Å². The van der Waals surface area contributed by atoms with Gasteiger partial charge < -0.3 is 5.32 Å². The van der Waals surface area contributed by atoms with Crippen molar-refractivity contribution in [1.29, 1.82) is 0 Å². The van der Waals surface area contributed by atoms with Gasteiger partial charge in [0.05, 0.1) is 0 Å². The van der Waals surface area contributed by atoms with E-state index >= 15 is 0 Å². The summed E-state index contributed by atoms with van der Waals surface area (Å²) in [6.07, 6.45) is 0.622. The van der Waals surface area contributed by atoms with Crippen LogP contribution in [0.15, 0.2) is 30.3 Å². The largest absolute Gasteiger partial charge is 0.313 e. The van der Waals surface area contributed by atoms with Crippen LogP contribution in [0.4, 0.5) is 8.78 Å². The van der Waals surface area contributed by atoms with Crippen molar-refractivity contribution in [2.24, 2.45) is 0 Å². The van der Waals surface area contributed by atoms with Crippen LogP contribution in [0.25, 0.3) is 0 Å². The van der Waals surface area contributed by atoms with Gasteiger partial charge in [0.15, 0.2) is 11.6 Å². The molecule has 112 valence electrons. The molecule has 1 atom stereocenters. The van der Waals surface area contributed by atoms with Crippen LogP contribution in [0.1, 0.15) is 33.9 Å². The first-order chi connectivity index (χ1) is 9.93. The predicted molar refractivity (Wildman–Crippen MR) is 82.5 cm³/mol. The van der Waals surface area contributed by atoms with Gasteiger partial charge in [-0.2, -0.15) is 0 Å². The molecule has 2 aromatic carbocycles. The number of likely N-dealkylation sites (N-methyl/N-ethyl adjacent to an activating group) is 1. The summed E-state index contributed by atoms with van der Waals surface area (Å²) in [7, 11) is 1.77. The fraction of sp³-hybridized carbons (Fsp3) is 0.333. The highest BCUT2D eigenvalue weighted by Gasteiger charge is 2.18. The Labute approximate surface area is 125 Å². The van der Waals surface area contributed by atoms with E-state index in [1.54, 1.807) is 26.1 Å². The van der Waals surface area contributed by atoms with Crippen LogP contribution in [0.2, 0.25) is 0 Å². The van der Waals surface area contributed by atoms with Gasteiger partial charge in [0.2, 0.25) is 0 Å². The molecule has 0 amide bonds. The van der Waals surface area contributed by atoms with Crippen molar-refractivity contribution >= 4 is 0 Å². The highest BCUT2D eigenvalue weighted by molar-refractivity contribution is 5.33. The lowest BCUT2D eigenvalue weighted by atomic mass is 9.95. The maximum Gasteiger partial charge on any atom is 0.163 e. The Kier molecular flexibility index (Phi) is 4.73. The van der Waals surface area contributed by atoms with Crippen molar-refractivity contribution < 1.29 is 8.78 Å². The molecule has 0 heterocycles. The van der Waals surface area contributed by atoms with Gasteiger partial charge in [-0.3, -0.25) is 0 Å². The Morgan fingerprint density at radius 3 is 2.19 bits per heavy atom. The first kappa shape index (κ1) is 15.6. The number of aryl methyl sites for hydroxylation is 3. The zero-order valence-electron chi connectivity index (χ0n) is 12.9. The fourth-order valence-corrected chi connectivity index (χ4v) is 2.46. The molecule has 0 radical (unpaired) electrons. The first-order valence-corrected chi connectivity index (χ1v) is 7.12. The van der Waals surface area contributed by atoms with Crippen LogP contribution in [0, 0.1) is 32.4 Å². The summed E-state index contributed by atoms with van der Waals surface area (Å²) in [6.45, 7) is 5.68. The van der Waals surface area contributed by atoms with E-state index in [4.69, 9.17) is 0 Å². The number of hydrogen-bond donors (Lipinski definition) is 1. The van der Waals surface area contributed by atoms with Gasteiger partial charge in [-0.1, -0.05) is 30.3 Å². The number of rotatable bonds is 4. The highest BCUT2D eigenvalue weighted by atomic mass is 19.2. The number of benzene rings is 2. The molecule has 0 aliphatic rings. The fourth-order valence-electron chi connectivity index (χ4n) is 2.46. The van der Waals surface area contributed by atoms with Crippen LogP contribution in [0.5, 0.6) is 0 Å². The Morgan fingerprint density at radius 2 is 1.57 bits per heavy atom. The minimum Gasteiger partial charge on any atom is -0.313 e. The molecule has 0 fully saturated rings. The van der Waals surface area contributed by atoms with E-state index in [1.165, 1.54) is 11.1 Å². The molecular weight excluding hydrogens is 268 g/mol. The van der Waals surface area contributed by atoms with Gasteiger partial charge in [-0.05, 0) is 56.5 Å². The smallest absolute Gasteiger partial charge is 0.163 e. The molecule has 3 heteroatoms. The molecule has 0 aliphatic heterocycles. The van der Waals surface area contributed by atoms with Crippen molar-refractivity contribution in [3.8, 4) is 0 Å². The zero-order valence-corrected chi connectivity index (χ0v) is 12.9. The molecule has 0 aliphatic carbocycles. The van der Waals surface area contributed by atoms with Crippen molar-refractivity contribution in [2.45, 2.75) is 33.2 Å². The van der Waals surface area contributed by atoms with Crippen LogP contribution >= 0.6 is 0 Å². The van der Waals surface area contributed by atoms with E-state index < -0.39 is 11.6 Å². The van der Waals surface area contributed by atoms with Gasteiger partial charge in [0, 0.05) is 11.6 Å². The summed E-state index contributed by atoms with van der Waals surface area (Å²) in [5.74, 6) is -1.51. The van der Waals surface area contributed by atoms with E-state index in [1.807, 2.05) is 6.07 Å². The van der Waals surface area contributed by atoms with Gasteiger partial charge in [0.25, 0.3) is 0 Å². The molecule has 1 nitrogen and oxygen atoms in total. The molecular formula is C18H21F2N. The Hall–Kier alpha value is -1.74. The van der Waals surface area contributed by atoms with E-state index in [9.17, 15) is 8.78 Å². The molecule has 0 aromatic heterocycles. The Morgan fingerprint density at radius 1 is 0.905 bits per heavy atom. The molecule has 0 spiro atoms. The van der Waals surface area contributed by atoms with Crippen LogP contribution in [-0.2, 0) is 6.42 Å². The van der Waals surface area contributed by atoms with Gasteiger partial charge in [-0.25, -0.2) is 8.78 Å². The summed E-state index contributed by atoms with van der Waals surface area (Å²) >= 11 is 0. The number of nitrogens with one attached hydrogen (secondary N) is 1. The lowest BCUT2D eigenvalue weighted by Crippen LogP contribution is -2.21. The van der Waals surface area contributed by atoms with Crippen LogP contribution < -0.4 is 5.32 Å². The molecule has 0 bridgehead atoms. The van der Waals surface area contributed by atoms with E-state index in [0.717, 1.165) is 5.56 Å². The molecule has 1 N–H and O–H groups in total. The third-order valence-corrected chi connectivity index (χ3v) is 4.04. The summed E-state index contributed by atoms with van der Waals surface area (Å²) in [5.41, 5.74) is 4.25. The Balaban J connectivity index is 2.32. The standard InChI is InChI=1S/C18H21F2N/c1-11-5-7-14(9-13(11)3)10-16(21-4)15-8-6-12(2)17(19)18(15)20/h5-9,16,21H,10H2,1-4H3. The van der Waals surface area contributed by atoms with Gasteiger partial charge in [-0.15, -0.1) is 0 Å². The Bertz CT molecular complexity index is 650. The number of halogens is 2. The second-order valence-corrected chi connectivity index (χ2v) is 5.56. The second-order valence-electron chi connectivity index (χ2n) is 5.56. The summed E-state index contributed by atoms with van der Waals surface area (Å²) in [4.78, 5) is 0. The molecule has 2 rings (SSSR count). The lowest BCUT2D eigenvalue weighted by molar-refractivity contribution is 0.469. The summed E-state index contributed by atoms with van der Waals surface area (Å²) in [5, 5.41) is 3.08. The third-order valence-electron chi connectivity index (χ3n) is 4.04. The molecule has 1 unspecified atom stereocenters. The molecule has 21 heavy (non-hydrogen) atoms. The maximum absolute atomic E-state index is 14.1. The first-order valence-electron chi connectivity index (χ1n) is 7.12. The summed E-state index contributed by atoms with van der Waals surface area (Å²) < 4.78 is 27.9. The monoisotopic (exact) mass is 289 g/mol. The lowest BCUT2D eigenvalue weighted by Gasteiger charge is -2.19. The van der Waals surface area contributed by atoms with E-state index in [0.29, 0.717) is 17.5 Å². The summed E-state index contributed by atoms with van der Waals surface area (Å²) in [6, 6.07) is 9.23. The normalized spacial score (nSPS) is 12.5. The molecule has 0 saturated carbocycles. The third kappa shape index (κ3) is 3.30. The van der Waals surface area contributed by atoms with Crippen molar-refractivity contribution in [3.05, 3.63) is 69.8 Å². The van der Waals surface area contributed by atoms with Crippen molar-refractivity contribution in [3.63, 3.8) is 0 Å². The minimum atomic E-state index is -0.757. The maximum atomic E-state index is 14.1. The molecule has 0 saturated heterocycles. The predicted octanol–water partition coefficient (Wildman–Crippen LogP) is 4.39. The van der Waals surface area contributed by atoms with Crippen LogP contribution in [-0.4, -0.2) is 7.05 Å². The number of hydrogen-bond acceptors (Lipinski definition) is 1. The average Bonchev–Trinajstić information content (AvgIpc) is 2.47. The quantitative estimate of drug-likeness (QED) is 0.880. The zero-order chi connectivity index (χ0) is 15.6. The average molecular weight is 289 g/mol. The highest BCUT2D eigenvalue weighted by Crippen LogP contribution is 2.25. The minimum absolute atomic E-state index is 0.248. The topological polar surface area (TPSA) is 12.0 Å². The van der Waals surface area contributed by atoms with Gasteiger partial charge >= 0.3 is 0 Å². The van der Waals surface area contributed by atoms with Gasteiger partial charge in [0.1, 0.15) is 0 Å². The SMILES string of the molecule is CNC(Cc1ccc(C)c(C)c1)c1ccc(C)c(F)c1F. The van der Waals surface area contributed by atoms with Crippen LogP contribution in [0.3, 0.4) is 0 Å². The molecule has 2 aromatic rings.